The molecule has 0 unspecified atom stereocenters. The Morgan fingerprint density at radius 1 is 1.44 bits per heavy atom. The summed E-state index contributed by atoms with van der Waals surface area (Å²) in [6.45, 7) is 2.13. The van der Waals surface area contributed by atoms with Gasteiger partial charge in [0.15, 0.2) is 5.78 Å². The Bertz CT molecular complexity index is 366. The van der Waals surface area contributed by atoms with Crippen molar-refractivity contribution in [1.82, 2.24) is 0 Å². The molecule has 1 rings (SSSR count). The normalized spacial score (nSPS) is 10.2. The summed E-state index contributed by atoms with van der Waals surface area (Å²) < 4.78 is 6.44. The van der Waals surface area contributed by atoms with Gasteiger partial charge in [-0.1, -0.05) is 15.9 Å². The Kier molecular flexibility index (Phi) is 5.85. The Balaban J connectivity index is 2.67. The number of benzene rings is 1. The van der Waals surface area contributed by atoms with Crippen molar-refractivity contribution in [2.24, 2.45) is 0 Å². The molecule has 0 fully saturated rings. The maximum Gasteiger partial charge on any atom is 0.163 e. The van der Waals surface area contributed by atoms with Gasteiger partial charge in [-0.05, 0) is 38.0 Å². The summed E-state index contributed by atoms with van der Waals surface area (Å²) in [7, 11) is 0. The largest absolute Gasteiger partial charge is 0.493 e. The highest BCUT2D eigenvalue weighted by Crippen LogP contribution is 2.23. The number of alkyl halides is 1. The van der Waals surface area contributed by atoms with E-state index < -0.39 is 0 Å². The quantitative estimate of drug-likeness (QED) is 0.450. The molecule has 16 heavy (non-hydrogen) atoms. The molecule has 0 spiro atoms. The van der Waals surface area contributed by atoms with Crippen LogP contribution in [0.5, 0.6) is 5.75 Å². The Hall–Kier alpha value is -0.540. The first-order chi connectivity index (χ1) is 7.65. The lowest BCUT2D eigenvalue weighted by Crippen LogP contribution is -2.03. The standard InChI is InChI=1S/C12H14BrClO2/c1-9(15)11-8-10(13)4-5-12(11)16-7-3-2-6-14/h4-5,8H,2-3,6-7H2,1H3. The maximum absolute atomic E-state index is 11.4. The average Bonchev–Trinajstić information content (AvgIpc) is 2.26. The second kappa shape index (κ2) is 6.92. The molecule has 0 saturated carbocycles. The van der Waals surface area contributed by atoms with Gasteiger partial charge in [-0.2, -0.15) is 0 Å². The number of Topliss-reactive ketones (excluding diaryl/α,β-unsaturated/α-hetero) is 1. The van der Waals surface area contributed by atoms with Gasteiger partial charge < -0.3 is 4.74 Å². The van der Waals surface area contributed by atoms with Crippen LogP contribution in [0.1, 0.15) is 30.1 Å². The van der Waals surface area contributed by atoms with E-state index in [0.717, 1.165) is 17.3 Å². The van der Waals surface area contributed by atoms with Crippen molar-refractivity contribution >= 4 is 33.3 Å². The molecule has 88 valence electrons. The number of halogens is 2. The summed E-state index contributed by atoms with van der Waals surface area (Å²) in [4.78, 5) is 11.4. The molecule has 1 aromatic rings. The van der Waals surface area contributed by atoms with Crippen LogP contribution < -0.4 is 4.74 Å². The second-order valence-corrected chi connectivity index (χ2v) is 4.73. The molecule has 0 heterocycles. The van der Waals surface area contributed by atoms with Crippen LogP contribution in [0.15, 0.2) is 22.7 Å². The van der Waals surface area contributed by atoms with E-state index in [1.54, 1.807) is 6.07 Å². The molecule has 0 amide bonds. The Morgan fingerprint density at radius 3 is 2.81 bits per heavy atom. The highest BCUT2D eigenvalue weighted by molar-refractivity contribution is 9.10. The molecule has 0 aromatic heterocycles. The molecular formula is C12H14BrClO2. The molecule has 0 radical (unpaired) electrons. The van der Waals surface area contributed by atoms with Crippen molar-refractivity contribution in [3.8, 4) is 5.75 Å². The predicted molar refractivity (Wildman–Crippen MR) is 69.6 cm³/mol. The summed E-state index contributed by atoms with van der Waals surface area (Å²) in [5, 5.41) is 0. The van der Waals surface area contributed by atoms with Gasteiger partial charge >= 0.3 is 0 Å². The highest BCUT2D eigenvalue weighted by atomic mass is 79.9. The predicted octanol–water partition coefficient (Wildman–Crippen LogP) is 4.05. The lowest BCUT2D eigenvalue weighted by molar-refractivity contribution is 0.101. The van der Waals surface area contributed by atoms with Gasteiger partial charge in [-0.25, -0.2) is 0 Å². The van der Waals surface area contributed by atoms with Crippen LogP contribution in [0.3, 0.4) is 0 Å². The Morgan fingerprint density at radius 2 is 2.19 bits per heavy atom. The van der Waals surface area contributed by atoms with Gasteiger partial charge in [0.25, 0.3) is 0 Å². The van der Waals surface area contributed by atoms with E-state index >= 15 is 0 Å². The number of hydrogen-bond acceptors (Lipinski definition) is 2. The number of ketones is 1. The number of carbonyl (C=O) groups is 1. The zero-order chi connectivity index (χ0) is 12.0. The first-order valence-corrected chi connectivity index (χ1v) is 6.47. The van der Waals surface area contributed by atoms with Crippen molar-refractivity contribution in [3.63, 3.8) is 0 Å². The molecule has 1 aromatic carbocycles. The summed E-state index contributed by atoms with van der Waals surface area (Å²) >= 11 is 8.90. The molecule has 0 aliphatic heterocycles. The fraction of sp³-hybridized carbons (Fsp3) is 0.417. The summed E-state index contributed by atoms with van der Waals surface area (Å²) in [6.07, 6.45) is 1.82. The van der Waals surface area contributed by atoms with Crippen LogP contribution in [0.2, 0.25) is 0 Å². The van der Waals surface area contributed by atoms with Gasteiger partial charge in [0.05, 0.1) is 12.2 Å². The minimum Gasteiger partial charge on any atom is -0.493 e. The van der Waals surface area contributed by atoms with Gasteiger partial charge in [0.1, 0.15) is 5.75 Å². The highest BCUT2D eigenvalue weighted by Gasteiger charge is 2.08. The van der Waals surface area contributed by atoms with Gasteiger partial charge in [0, 0.05) is 10.4 Å². The van der Waals surface area contributed by atoms with Crippen molar-refractivity contribution in [2.45, 2.75) is 19.8 Å². The zero-order valence-electron chi connectivity index (χ0n) is 9.13. The zero-order valence-corrected chi connectivity index (χ0v) is 11.5. The number of rotatable bonds is 6. The van der Waals surface area contributed by atoms with E-state index in [-0.39, 0.29) is 5.78 Å². The van der Waals surface area contributed by atoms with E-state index in [9.17, 15) is 4.79 Å². The lowest BCUT2D eigenvalue weighted by Gasteiger charge is -2.09. The van der Waals surface area contributed by atoms with Crippen LogP contribution in [-0.4, -0.2) is 18.3 Å². The summed E-state index contributed by atoms with van der Waals surface area (Å²) in [6, 6.07) is 5.45. The molecule has 4 heteroatoms. The van der Waals surface area contributed by atoms with E-state index in [1.165, 1.54) is 6.92 Å². The van der Waals surface area contributed by atoms with Gasteiger partial charge in [0.2, 0.25) is 0 Å². The van der Waals surface area contributed by atoms with Crippen LogP contribution in [-0.2, 0) is 0 Å². The topological polar surface area (TPSA) is 26.3 Å². The third-order valence-electron chi connectivity index (χ3n) is 2.11. The summed E-state index contributed by atoms with van der Waals surface area (Å²) in [5.41, 5.74) is 0.611. The number of unbranched alkanes of at least 4 members (excludes halogenated alkanes) is 1. The Labute approximate surface area is 109 Å². The van der Waals surface area contributed by atoms with Crippen molar-refractivity contribution in [2.75, 3.05) is 12.5 Å². The number of carbonyl (C=O) groups excluding carboxylic acids is 1. The lowest BCUT2D eigenvalue weighted by atomic mass is 10.1. The third kappa shape index (κ3) is 4.14. The number of ether oxygens (including phenoxy) is 1. The van der Waals surface area contributed by atoms with Gasteiger partial charge in [-0.3, -0.25) is 4.79 Å². The van der Waals surface area contributed by atoms with E-state index in [4.69, 9.17) is 16.3 Å². The smallest absolute Gasteiger partial charge is 0.163 e. The first kappa shape index (κ1) is 13.5. The summed E-state index contributed by atoms with van der Waals surface area (Å²) in [5.74, 6) is 1.29. The fourth-order valence-corrected chi connectivity index (χ4v) is 1.83. The maximum atomic E-state index is 11.4. The molecule has 2 nitrogen and oxygen atoms in total. The molecule has 0 aliphatic carbocycles. The SMILES string of the molecule is CC(=O)c1cc(Br)ccc1OCCCCCl. The molecular weight excluding hydrogens is 291 g/mol. The first-order valence-electron chi connectivity index (χ1n) is 5.14. The molecule has 0 saturated heterocycles. The second-order valence-electron chi connectivity index (χ2n) is 3.44. The minimum absolute atomic E-state index is 0.00800. The van der Waals surface area contributed by atoms with Crippen LogP contribution in [0.25, 0.3) is 0 Å². The monoisotopic (exact) mass is 304 g/mol. The fourth-order valence-electron chi connectivity index (χ4n) is 1.28. The third-order valence-corrected chi connectivity index (χ3v) is 2.87. The van der Waals surface area contributed by atoms with Crippen molar-refractivity contribution in [1.29, 1.82) is 0 Å². The van der Waals surface area contributed by atoms with Gasteiger partial charge in [-0.15, -0.1) is 11.6 Å². The molecule has 0 N–H and O–H groups in total. The van der Waals surface area contributed by atoms with Crippen molar-refractivity contribution in [3.05, 3.63) is 28.2 Å². The molecule has 0 atom stereocenters. The van der Waals surface area contributed by atoms with E-state index in [1.807, 2.05) is 12.1 Å². The molecule has 0 bridgehead atoms. The van der Waals surface area contributed by atoms with Crippen molar-refractivity contribution < 1.29 is 9.53 Å². The van der Waals surface area contributed by atoms with Crippen LogP contribution in [0, 0.1) is 0 Å². The average molecular weight is 306 g/mol. The molecule has 0 aliphatic rings. The van der Waals surface area contributed by atoms with Crippen LogP contribution in [0.4, 0.5) is 0 Å². The number of hydrogen-bond donors (Lipinski definition) is 0. The minimum atomic E-state index is 0.00800. The van der Waals surface area contributed by atoms with Crippen LogP contribution >= 0.6 is 27.5 Å². The van der Waals surface area contributed by atoms with E-state index in [0.29, 0.717) is 23.8 Å². The van der Waals surface area contributed by atoms with E-state index in [2.05, 4.69) is 15.9 Å².